The Kier molecular flexibility index (Phi) is 5.57. The van der Waals surface area contributed by atoms with Crippen molar-refractivity contribution >= 4 is 5.69 Å². The van der Waals surface area contributed by atoms with Crippen molar-refractivity contribution in [3.8, 4) is 0 Å². The van der Waals surface area contributed by atoms with E-state index in [1.54, 1.807) is 0 Å². The maximum absolute atomic E-state index is 5.91. The number of aromatic nitrogens is 2. The summed E-state index contributed by atoms with van der Waals surface area (Å²) in [7, 11) is 2.17. The summed E-state index contributed by atoms with van der Waals surface area (Å²) in [5.41, 5.74) is 8.01. The molecule has 0 aliphatic heterocycles. The summed E-state index contributed by atoms with van der Waals surface area (Å²) in [6, 6.07) is 0.603. The molecule has 21 heavy (non-hydrogen) atoms. The van der Waals surface area contributed by atoms with Gasteiger partial charge in [-0.25, -0.2) is 9.97 Å². The first kappa shape index (κ1) is 16.2. The molecule has 1 aliphatic rings. The lowest BCUT2D eigenvalue weighted by molar-refractivity contribution is 0.313. The molecule has 1 aromatic rings. The molecule has 1 aliphatic carbocycles. The lowest BCUT2D eigenvalue weighted by Crippen LogP contribution is -2.36. The maximum Gasteiger partial charge on any atom is 0.131 e. The molecule has 0 amide bonds. The molecule has 118 valence electrons. The van der Waals surface area contributed by atoms with Crippen LogP contribution in [0.3, 0.4) is 0 Å². The predicted octanol–water partition coefficient (Wildman–Crippen LogP) is 3.46. The topological polar surface area (TPSA) is 55.0 Å². The molecule has 2 N–H and O–H groups in total. The quantitative estimate of drug-likeness (QED) is 0.902. The van der Waals surface area contributed by atoms with Crippen molar-refractivity contribution in [2.75, 3.05) is 11.9 Å². The number of rotatable bonds is 5. The van der Waals surface area contributed by atoms with E-state index in [0.29, 0.717) is 18.5 Å². The van der Waals surface area contributed by atoms with Gasteiger partial charge in [0.15, 0.2) is 0 Å². The molecule has 4 heteroatoms. The van der Waals surface area contributed by atoms with Crippen molar-refractivity contribution in [1.29, 1.82) is 0 Å². The predicted molar refractivity (Wildman–Crippen MR) is 88.5 cm³/mol. The van der Waals surface area contributed by atoms with E-state index in [0.717, 1.165) is 23.1 Å². The van der Waals surface area contributed by atoms with Crippen molar-refractivity contribution in [1.82, 2.24) is 9.97 Å². The number of nitrogens with zero attached hydrogens (tertiary/aromatic N) is 3. The Morgan fingerprint density at radius 2 is 1.95 bits per heavy atom. The molecular weight excluding hydrogens is 260 g/mol. The average Bonchev–Trinajstić information content (AvgIpc) is 2.53. The SMILES string of the molecule is CCC1CCC(N(C)c2cnc(C(C)C)nc2CN)CC1. The molecular formula is C17H30N4. The van der Waals surface area contributed by atoms with Crippen molar-refractivity contribution in [3.05, 3.63) is 17.7 Å². The highest BCUT2D eigenvalue weighted by atomic mass is 15.2. The van der Waals surface area contributed by atoms with Gasteiger partial charge in [-0.15, -0.1) is 0 Å². The van der Waals surface area contributed by atoms with Crippen molar-refractivity contribution in [2.24, 2.45) is 11.7 Å². The third-order valence-corrected chi connectivity index (χ3v) is 4.90. The fraction of sp³-hybridized carbons (Fsp3) is 0.765. The van der Waals surface area contributed by atoms with Gasteiger partial charge in [-0.1, -0.05) is 27.2 Å². The van der Waals surface area contributed by atoms with E-state index in [2.05, 4.69) is 42.7 Å². The minimum atomic E-state index is 0.342. The largest absolute Gasteiger partial charge is 0.369 e. The zero-order valence-electron chi connectivity index (χ0n) is 14.0. The van der Waals surface area contributed by atoms with Gasteiger partial charge in [0.05, 0.1) is 17.6 Å². The standard InChI is InChI=1S/C17H30N4/c1-5-13-6-8-14(9-7-13)21(4)16-11-19-17(12(2)3)20-15(16)10-18/h11-14H,5-10,18H2,1-4H3. The van der Waals surface area contributed by atoms with Gasteiger partial charge in [0.1, 0.15) is 5.82 Å². The normalized spacial score (nSPS) is 22.6. The molecule has 0 radical (unpaired) electrons. The number of hydrogen-bond acceptors (Lipinski definition) is 4. The van der Waals surface area contributed by atoms with E-state index in [4.69, 9.17) is 5.73 Å². The van der Waals surface area contributed by atoms with Crippen LogP contribution >= 0.6 is 0 Å². The van der Waals surface area contributed by atoms with Crippen molar-refractivity contribution in [2.45, 2.75) is 71.4 Å². The Labute approximate surface area is 129 Å². The second-order valence-corrected chi connectivity index (χ2v) is 6.61. The molecule has 0 bridgehead atoms. The second-order valence-electron chi connectivity index (χ2n) is 6.61. The molecule has 0 atom stereocenters. The fourth-order valence-electron chi connectivity index (χ4n) is 3.29. The van der Waals surface area contributed by atoms with E-state index in [1.807, 2.05) is 6.20 Å². The Morgan fingerprint density at radius 1 is 1.29 bits per heavy atom. The minimum absolute atomic E-state index is 0.342. The van der Waals surface area contributed by atoms with Gasteiger partial charge in [-0.2, -0.15) is 0 Å². The molecule has 1 heterocycles. The van der Waals surface area contributed by atoms with Crippen molar-refractivity contribution in [3.63, 3.8) is 0 Å². The van der Waals surface area contributed by atoms with Gasteiger partial charge in [0.2, 0.25) is 0 Å². The highest BCUT2D eigenvalue weighted by molar-refractivity contribution is 5.49. The van der Waals surface area contributed by atoms with Crippen LogP contribution in [0, 0.1) is 5.92 Å². The van der Waals surface area contributed by atoms with Crippen LogP contribution < -0.4 is 10.6 Å². The monoisotopic (exact) mass is 290 g/mol. The Morgan fingerprint density at radius 3 is 2.48 bits per heavy atom. The number of nitrogens with two attached hydrogens (primary N) is 1. The van der Waals surface area contributed by atoms with E-state index < -0.39 is 0 Å². The number of hydrogen-bond donors (Lipinski definition) is 1. The molecule has 1 saturated carbocycles. The summed E-state index contributed by atoms with van der Waals surface area (Å²) in [5.74, 6) is 2.15. The lowest BCUT2D eigenvalue weighted by atomic mass is 9.84. The second kappa shape index (κ2) is 7.21. The molecule has 0 unspecified atom stereocenters. The first-order valence-corrected chi connectivity index (χ1v) is 8.35. The summed E-state index contributed by atoms with van der Waals surface area (Å²) >= 11 is 0. The first-order chi connectivity index (χ1) is 10.1. The fourth-order valence-corrected chi connectivity index (χ4v) is 3.29. The van der Waals surface area contributed by atoms with Crippen LogP contribution in [0.4, 0.5) is 5.69 Å². The molecule has 4 nitrogen and oxygen atoms in total. The zero-order valence-corrected chi connectivity index (χ0v) is 14.0. The lowest BCUT2D eigenvalue weighted by Gasteiger charge is -2.36. The molecule has 1 fully saturated rings. The van der Waals surface area contributed by atoms with Crippen LogP contribution in [-0.4, -0.2) is 23.1 Å². The average molecular weight is 290 g/mol. The molecule has 2 rings (SSSR count). The van der Waals surface area contributed by atoms with Crippen molar-refractivity contribution < 1.29 is 0 Å². The minimum Gasteiger partial charge on any atom is -0.369 e. The number of anilines is 1. The maximum atomic E-state index is 5.91. The summed E-state index contributed by atoms with van der Waals surface area (Å²) in [6.45, 7) is 7.02. The highest BCUT2D eigenvalue weighted by Gasteiger charge is 2.25. The first-order valence-electron chi connectivity index (χ1n) is 8.35. The van der Waals surface area contributed by atoms with Gasteiger partial charge in [0, 0.05) is 25.6 Å². The van der Waals surface area contributed by atoms with Gasteiger partial charge in [-0.3, -0.25) is 0 Å². The van der Waals surface area contributed by atoms with E-state index in [1.165, 1.54) is 32.1 Å². The third kappa shape index (κ3) is 3.73. The summed E-state index contributed by atoms with van der Waals surface area (Å²) in [5, 5.41) is 0. The van der Waals surface area contributed by atoms with Gasteiger partial charge in [-0.05, 0) is 31.6 Å². The van der Waals surface area contributed by atoms with Crippen LogP contribution in [0.15, 0.2) is 6.20 Å². The van der Waals surface area contributed by atoms with E-state index in [-0.39, 0.29) is 0 Å². The Bertz CT molecular complexity index is 450. The van der Waals surface area contributed by atoms with Crippen LogP contribution in [0.2, 0.25) is 0 Å². The smallest absolute Gasteiger partial charge is 0.131 e. The van der Waals surface area contributed by atoms with E-state index in [9.17, 15) is 0 Å². The van der Waals surface area contributed by atoms with Gasteiger partial charge in [0.25, 0.3) is 0 Å². The Hall–Kier alpha value is -1.16. The van der Waals surface area contributed by atoms with Crippen LogP contribution in [0.5, 0.6) is 0 Å². The van der Waals surface area contributed by atoms with Gasteiger partial charge >= 0.3 is 0 Å². The van der Waals surface area contributed by atoms with Crippen LogP contribution in [0.1, 0.15) is 70.3 Å². The summed E-state index contributed by atoms with van der Waals surface area (Å²) in [4.78, 5) is 11.5. The zero-order chi connectivity index (χ0) is 15.4. The summed E-state index contributed by atoms with van der Waals surface area (Å²) in [6.07, 6.45) is 8.51. The van der Waals surface area contributed by atoms with Gasteiger partial charge < -0.3 is 10.6 Å². The molecule has 0 spiro atoms. The Balaban J connectivity index is 2.13. The molecule has 1 aromatic heterocycles. The van der Waals surface area contributed by atoms with Crippen LogP contribution in [0.25, 0.3) is 0 Å². The molecule has 0 saturated heterocycles. The van der Waals surface area contributed by atoms with Crippen LogP contribution in [-0.2, 0) is 6.54 Å². The van der Waals surface area contributed by atoms with E-state index >= 15 is 0 Å². The third-order valence-electron chi connectivity index (χ3n) is 4.90. The highest BCUT2D eigenvalue weighted by Crippen LogP contribution is 2.32. The summed E-state index contributed by atoms with van der Waals surface area (Å²) < 4.78 is 0. The molecule has 0 aromatic carbocycles.